The van der Waals surface area contributed by atoms with E-state index in [2.05, 4.69) is 21.0 Å². The summed E-state index contributed by atoms with van der Waals surface area (Å²) < 4.78 is 5.35. The minimum Gasteiger partial charge on any atom is -0.480 e. The molecule has 3 rings (SSSR count). The minimum absolute atomic E-state index is 0.308. The Bertz CT molecular complexity index is 1410. The number of fused-ring (bicyclic) bond motifs is 1. The van der Waals surface area contributed by atoms with Gasteiger partial charge in [-0.25, -0.2) is 5.43 Å². The molecule has 5 atom stereocenters. The van der Waals surface area contributed by atoms with Gasteiger partial charge in [-0.1, -0.05) is 51.1 Å². The van der Waals surface area contributed by atoms with Crippen LogP contribution in [0.5, 0.6) is 0 Å². The molecule has 1 aliphatic rings. The summed E-state index contributed by atoms with van der Waals surface area (Å²) in [5, 5.41) is 16.9. The van der Waals surface area contributed by atoms with Crippen molar-refractivity contribution in [2.24, 2.45) is 11.8 Å². The summed E-state index contributed by atoms with van der Waals surface area (Å²) in [5.74, 6) is -4.47. The number of aromatic nitrogens is 1. The lowest BCUT2D eigenvalue weighted by Crippen LogP contribution is -2.61. The monoisotopic (exact) mass is 609 g/mol. The molecule has 44 heavy (non-hydrogen) atoms. The van der Waals surface area contributed by atoms with Gasteiger partial charge in [0, 0.05) is 24.5 Å². The first-order valence-corrected chi connectivity index (χ1v) is 15.0. The van der Waals surface area contributed by atoms with E-state index in [-0.39, 0.29) is 5.92 Å². The molecule has 1 fully saturated rings. The Kier molecular flexibility index (Phi) is 12.0. The number of rotatable bonds is 12. The number of aryl methyl sites for hydroxylation is 1. The molecule has 1 aliphatic heterocycles. The van der Waals surface area contributed by atoms with Crippen LogP contribution in [0.15, 0.2) is 36.4 Å². The van der Waals surface area contributed by atoms with Gasteiger partial charge in [0.1, 0.15) is 24.2 Å². The predicted molar refractivity (Wildman–Crippen MR) is 165 cm³/mol. The number of hydrazine groups is 1. The fourth-order valence-electron chi connectivity index (χ4n) is 4.99. The number of carbonyl (C=O) groups excluding carboxylic acids is 4. The lowest BCUT2D eigenvalue weighted by atomic mass is 9.97. The topological polar surface area (TPSA) is 167 Å². The highest BCUT2D eigenvalue weighted by molar-refractivity contribution is 5.93. The minimum atomic E-state index is -1.06. The van der Waals surface area contributed by atoms with Crippen LogP contribution in [0, 0.1) is 11.8 Å². The molecule has 3 amide bonds. The second-order valence-corrected chi connectivity index (χ2v) is 11.4. The number of aliphatic carboxylic acids is 1. The van der Waals surface area contributed by atoms with E-state index in [1.165, 1.54) is 18.9 Å². The number of nitrogens with one attached hydrogen (secondary N) is 3. The Balaban J connectivity index is 1.76. The van der Waals surface area contributed by atoms with Crippen molar-refractivity contribution in [3.8, 4) is 0 Å². The van der Waals surface area contributed by atoms with E-state index in [1.807, 2.05) is 37.3 Å². The molecule has 0 spiro atoms. The quantitative estimate of drug-likeness (QED) is 0.265. The third-order valence-electron chi connectivity index (χ3n) is 7.52. The third kappa shape index (κ3) is 9.09. The molecule has 0 aliphatic carbocycles. The first-order valence-electron chi connectivity index (χ1n) is 15.0. The Morgan fingerprint density at radius 3 is 2.43 bits per heavy atom. The van der Waals surface area contributed by atoms with E-state index in [4.69, 9.17) is 4.74 Å². The highest BCUT2D eigenvalue weighted by Crippen LogP contribution is 2.19. The first-order chi connectivity index (χ1) is 20.8. The molecule has 1 saturated heterocycles. The average molecular weight is 610 g/mol. The van der Waals surface area contributed by atoms with E-state index in [0.717, 1.165) is 28.6 Å². The third-order valence-corrected chi connectivity index (χ3v) is 7.52. The molecule has 2 aromatic rings. The highest BCUT2D eigenvalue weighted by atomic mass is 16.5. The number of esters is 1. The highest BCUT2D eigenvalue weighted by Gasteiger charge is 2.34. The maximum atomic E-state index is 13.6. The van der Waals surface area contributed by atoms with Gasteiger partial charge >= 0.3 is 11.9 Å². The Morgan fingerprint density at radius 2 is 1.80 bits per heavy atom. The number of carboxylic acids is 1. The van der Waals surface area contributed by atoms with Crippen LogP contribution in [0.25, 0.3) is 17.0 Å². The molecule has 1 aromatic carbocycles. The molecule has 2 heterocycles. The molecule has 1 aromatic heterocycles. The van der Waals surface area contributed by atoms with Crippen molar-refractivity contribution in [3.63, 3.8) is 0 Å². The van der Waals surface area contributed by atoms with Gasteiger partial charge in [0.05, 0.1) is 11.4 Å². The SMILES string of the molecule is CCc1ccc2ccc(/C=C/[C@@H](C(=O)NC(C(=O)NC(C)C(=O)N3CCCC(C(=O)O)N3)C(C)C)C(C)OC(C)=O)cc2n1. The maximum absolute atomic E-state index is 13.6. The number of hydrogen-bond donors (Lipinski definition) is 4. The zero-order chi connectivity index (χ0) is 32.6. The van der Waals surface area contributed by atoms with Crippen molar-refractivity contribution in [1.82, 2.24) is 26.1 Å². The number of pyridine rings is 1. The summed E-state index contributed by atoms with van der Waals surface area (Å²) in [4.78, 5) is 67.6. The number of benzene rings is 1. The van der Waals surface area contributed by atoms with Gasteiger partial charge in [-0.2, -0.15) is 0 Å². The van der Waals surface area contributed by atoms with Crippen molar-refractivity contribution in [3.05, 3.63) is 47.7 Å². The average Bonchev–Trinajstić information content (AvgIpc) is 2.98. The lowest BCUT2D eigenvalue weighted by molar-refractivity contribution is -0.150. The first kappa shape index (κ1) is 34.2. The summed E-state index contributed by atoms with van der Waals surface area (Å²) in [6.45, 7) is 10.2. The van der Waals surface area contributed by atoms with Gasteiger partial charge < -0.3 is 20.5 Å². The molecule has 4 N–H and O–H groups in total. The van der Waals surface area contributed by atoms with E-state index >= 15 is 0 Å². The summed E-state index contributed by atoms with van der Waals surface area (Å²) >= 11 is 0. The van der Waals surface area contributed by atoms with Crippen LogP contribution in [-0.4, -0.2) is 75.5 Å². The molecular formula is C32H43N5O7. The van der Waals surface area contributed by atoms with Crippen molar-refractivity contribution in [1.29, 1.82) is 0 Å². The molecule has 238 valence electrons. The van der Waals surface area contributed by atoms with Crippen molar-refractivity contribution >= 4 is 46.6 Å². The number of ether oxygens (including phenoxy) is 1. The predicted octanol–water partition coefficient (Wildman–Crippen LogP) is 2.60. The van der Waals surface area contributed by atoms with Crippen LogP contribution in [-0.2, 0) is 35.1 Å². The second kappa shape index (κ2) is 15.4. The molecule has 12 nitrogen and oxygen atoms in total. The molecule has 12 heteroatoms. The summed E-state index contributed by atoms with van der Waals surface area (Å²) in [6.07, 6.45) is 4.25. The van der Waals surface area contributed by atoms with Crippen LogP contribution >= 0.6 is 0 Å². The van der Waals surface area contributed by atoms with Crippen LogP contribution in [0.1, 0.15) is 65.6 Å². The van der Waals surface area contributed by atoms with Gasteiger partial charge in [0.15, 0.2) is 0 Å². The number of carbonyl (C=O) groups is 5. The largest absolute Gasteiger partial charge is 0.480 e. The van der Waals surface area contributed by atoms with Crippen molar-refractivity contribution in [2.75, 3.05) is 6.54 Å². The summed E-state index contributed by atoms with van der Waals surface area (Å²) in [5.41, 5.74) is 5.27. The standard InChI is InChI=1S/C32H43N5O7/c1-7-24-14-13-23-12-10-22(17-27(23)34-24)11-15-25(20(5)44-21(6)38)29(39)35-28(18(2)3)30(40)33-19(4)31(41)37-16-8-9-26(36-37)32(42)43/h10-15,17-20,25-26,28,36H,7-9,16H2,1-6H3,(H,33,40)(H,35,39)(H,42,43)/b15-11+/t19?,20?,25-,26?,28?/m1/s1. The normalized spacial score (nSPS) is 18.0. The molecular weight excluding hydrogens is 566 g/mol. The Labute approximate surface area is 257 Å². The van der Waals surface area contributed by atoms with E-state index in [0.29, 0.717) is 19.4 Å². The second-order valence-electron chi connectivity index (χ2n) is 11.4. The lowest BCUT2D eigenvalue weighted by Gasteiger charge is -2.34. The van der Waals surface area contributed by atoms with Crippen LogP contribution in [0.3, 0.4) is 0 Å². The van der Waals surface area contributed by atoms with Crippen LogP contribution in [0.4, 0.5) is 0 Å². The smallest absolute Gasteiger partial charge is 0.322 e. The fraction of sp³-hybridized carbons (Fsp3) is 0.500. The maximum Gasteiger partial charge on any atom is 0.322 e. The Morgan fingerprint density at radius 1 is 1.09 bits per heavy atom. The molecule has 4 unspecified atom stereocenters. The fourth-order valence-corrected chi connectivity index (χ4v) is 4.99. The summed E-state index contributed by atoms with van der Waals surface area (Å²) in [7, 11) is 0. The molecule has 0 bridgehead atoms. The van der Waals surface area contributed by atoms with Crippen LogP contribution in [0.2, 0.25) is 0 Å². The van der Waals surface area contributed by atoms with Gasteiger partial charge in [-0.05, 0) is 56.7 Å². The van der Waals surface area contributed by atoms with Crippen molar-refractivity contribution in [2.45, 2.75) is 85.0 Å². The number of nitrogens with zero attached hydrogens (tertiary/aromatic N) is 2. The summed E-state index contributed by atoms with van der Waals surface area (Å²) in [6, 6.07) is 6.87. The van der Waals surface area contributed by atoms with Gasteiger partial charge in [-0.3, -0.25) is 34.0 Å². The number of carboxylic acid groups (broad SMARTS) is 1. The van der Waals surface area contributed by atoms with Crippen molar-refractivity contribution < 1.29 is 33.8 Å². The van der Waals surface area contributed by atoms with Crippen LogP contribution < -0.4 is 16.1 Å². The molecule has 0 radical (unpaired) electrons. The number of amides is 3. The zero-order valence-corrected chi connectivity index (χ0v) is 26.1. The van der Waals surface area contributed by atoms with E-state index in [9.17, 15) is 29.1 Å². The van der Waals surface area contributed by atoms with Gasteiger partial charge in [0.2, 0.25) is 11.8 Å². The van der Waals surface area contributed by atoms with E-state index < -0.39 is 59.8 Å². The van der Waals surface area contributed by atoms with E-state index in [1.54, 1.807) is 32.9 Å². The number of hydrogen-bond acceptors (Lipinski definition) is 8. The molecule has 0 saturated carbocycles. The van der Waals surface area contributed by atoms with Gasteiger partial charge in [-0.15, -0.1) is 0 Å². The Hall–Kier alpha value is -4.32. The van der Waals surface area contributed by atoms with Gasteiger partial charge in [0.25, 0.3) is 5.91 Å². The zero-order valence-electron chi connectivity index (χ0n) is 26.1.